The molecule has 21 heavy (non-hydrogen) atoms. The third kappa shape index (κ3) is 3.75. The molecule has 0 atom stereocenters. The number of nitrogens with one attached hydrogen (secondary N) is 1. The summed E-state index contributed by atoms with van der Waals surface area (Å²) in [7, 11) is 0. The van der Waals surface area contributed by atoms with Gasteiger partial charge in [-0.3, -0.25) is 4.79 Å². The molecule has 0 bridgehead atoms. The number of carbonyl (C=O) groups is 1. The third-order valence-electron chi connectivity index (χ3n) is 2.67. The van der Waals surface area contributed by atoms with E-state index < -0.39 is 5.91 Å². The summed E-state index contributed by atoms with van der Waals surface area (Å²) in [6, 6.07) is 10.7. The van der Waals surface area contributed by atoms with Gasteiger partial charge >= 0.3 is 0 Å². The van der Waals surface area contributed by atoms with Crippen LogP contribution in [0.3, 0.4) is 0 Å². The van der Waals surface area contributed by atoms with Crippen molar-refractivity contribution in [1.29, 1.82) is 0 Å². The van der Waals surface area contributed by atoms with Gasteiger partial charge in [-0.2, -0.15) is 0 Å². The Labute approximate surface area is 122 Å². The minimum Gasteiger partial charge on any atom is -0.508 e. The van der Waals surface area contributed by atoms with Gasteiger partial charge in [0.15, 0.2) is 0 Å². The Kier molecular flexibility index (Phi) is 4.44. The molecule has 0 spiro atoms. The molecule has 2 rings (SSSR count). The zero-order chi connectivity index (χ0) is 15.2. The average molecular weight is 282 g/mol. The molecule has 5 heteroatoms. The predicted molar refractivity (Wildman–Crippen MR) is 80.1 cm³/mol. The molecule has 2 aromatic rings. The number of hydrogen-bond acceptors (Lipinski definition) is 4. The van der Waals surface area contributed by atoms with Crippen LogP contribution in [0.5, 0.6) is 11.5 Å². The van der Waals surface area contributed by atoms with Crippen LogP contribution >= 0.6 is 0 Å². The van der Waals surface area contributed by atoms with Crippen molar-refractivity contribution in [3.8, 4) is 23.3 Å². The quantitative estimate of drug-likeness (QED) is 0.630. The smallest absolute Gasteiger partial charge is 0.255 e. The molecule has 0 aliphatic carbocycles. The number of phenolic OH excluding ortho intramolecular Hbond substituents is 2. The maximum absolute atomic E-state index is 12.1. The van der Waals surface area contributed by atoms with Gasteiger partial charge in [0.1, 0.15) is 11.5 Å². The fourth-order valence-electron chi connectivity index (χ4n) is 1.77. The topological polar surface area (TPSA) is 95.6 Å². The zero-order valence-corrected chi connectivity index (χ0v) is 11.1. The second-order valence-electron chi connectivity index (χ2n) is 4.24. The normalized spacial score (nSPS) is 9.57. The first-order valence-electron chi connectivity index (χ1n) is 6.22. The van der Waals surface area contributed by atoms with Crippen LogP contribution in [0.1, 0.15) is 15.9 Å². The van der Waals surface area contributed by atoms with Gasteiger partial charge < -0.3 is 21.3 Å². The van der Waals surface area contributed by atoms with Gasteiger partial charge in [-0.15, -0.1) is 0 Å². The average Bonchev–Trinajstić information content (AvgIpc) is 2.45. The summed E-state index contributed by atoms with van der Waals surface area (Å²) >= 11 is 0. The van der Waals surface area contributed by atoms with Gasteiger partial charge in [0.25, 0.3) is 5.91 Å². The molecule has 5 N–H and O–H groups in total. The van der Waals surface area contributed by atoms with Crippen molar-refractivity contribution in [1.82, 2.24) is 0 Å². The van der Waals surface area contributed by atoms with Crippen LogP contribution in [-0.4, -0.2) is 22.7 Å². The van der Waals surface area contributed by atoms with Crippen molar-refractivity contribution in [2.75, 3.05) is 11.9 Å². The maximum Gasteiger partial charge on any atom is 0.255 e. The molecule has 0 unspecified atom stereocenters. The lowest BCUT2D eigenvalue weighted by Gasteiger charge is -2.08. The maximum atomic E-state index is 12.1. The van der Waals surface area contributed by atoms with Crippen molar-refractivity contribution >= 4 is 11.6 Å². The van der Waals surface area contributed by atoms with Crippen molar-refractivity contribution < 1.29 is 15.0 Å². The zero-order valence-electron chi connectivity index (χ0n) is 11.1. The van der Waals surface area contributed by atoms with Gasteiger partial charge in [0.05, 0.1) is 12.2 Å². The molecule has 0 saturated heterocycles. The molecule has 106 valence electrons. The summed E-state index contributed by atoms with van der Waals surface area (Å²) in [6.07, 6.45) is 0. The van der Waals surface area contributed by atoms with Crippen LogP contribution in [0.15, 0.2) is 42.5 Å². The number of aromatic hydroxyl groups is 2. The number of hydrogen-bond donors (Lipinski definition) is 4. The largest absolute Gasteiger partial charge is 0.508 e. The Morgan fingerprint density at radius 3 is 2.48 bits per heavy atom. The summed E-state index contributed by atoms with van der Waals surface area (Å²) in [5.41, 5.74) is 6.66. The van der Waals surface area contributed by atoms with Crippen molar-refractivity contribution in [3.63, 3.8) is 0 Å². The van der Waals surface area contributed by atoms with Crippen LogP contribution in [-0.2, 0) is 0 Å². The molecule has 0 aliphatic heterocycles. The van der Waals surface area contributed by atoms with Crippen molar-refractivity contribution in [2.45, 2.75) is 0 Å². The number of para-hydroxylation sites is 1. The van der Waals surface area contributed by atoms with Crippen molar-refractivity contribution in [2.24, 2.45) is 5.73 Å². The number of carbonyl (C=O) groups excluding carboxylic acids is 1. The van der Waals surface area contributed by atoms with Gasteiger partial charge in [-0.25, -0.2) is 0 Å². The Balaban J connectivity index is 2.27. The highest BCUT2D eigenvalue weighted by Crippen LogP contribution is 2.22. The van der Waals surface area contributed by atoms with E-state index in [-0.39, 0.29) is 23.6 Å². The van der Waals surface area contributed by atoms with Crippen molar-refractivity contribution in [3.05, 3.63) is 53.6 Å². The molecule has 5 nitrogen and oxygen atoms in total. The fraction of sp³-hybridized carbons (Fsp3) is 0.0625. The van der Waals surface area contributed by atoms with Gasteiger partial charge in [-0.05, 0) is 24.3 Å². The van der Waals surface area contributed by atoms with Gasteiger partial charge in [0.2, 0.25) is 0 Å². The molecule has 0 fully saturated rings. The second-order valence-corrected chi connectivity index (χ2v) is 4.24. The Morgan fingerprint density at radius 1 is 1.14 bits per heavy atom. The van der Waals surface area contributed by atoms with Crippen LogP contribution in [0.4, 0.5) is 5.69 Å². The SMILES string of the molecule is NCC#Cc1ccccc1NC(=O)c1cc(O)cc(O)c1. The monoisotopic (exact) mass is 282 g/mol. The summed E-state index contributed by atoms with van der Waals surface area (Å²) in [6.45, 7) is 0.225. The molecule has 2 aromatic carbocycles. The minimum absolute atomic E-state index is 0.147. The highest BCUT2D eigenvalue weighted by molar-refractivity contribution is 6.05. The number of anilines is 1. The Morgan fingerprint density at radius 2 is 1.81 bits per heavy atom. The van der Waals surface area contributed by atoms with E-state index in [4.69, 9.17) is 5.73 Å². The number of rotatable bonds is 2. The van der Waals surface area contributed by atoms with E-state index in [1.165, 1.54) is 12.1 Å². The van der Waals surface area contributed by atoms with E-state index in [2.05, 4.69) is 17.2 Å². The van der Waals surface area contributed by atoms with Crippen LogP contribution in [0, 0.1) is 11.8 Å². The first kappa shape index (κ1) is 14.4. The molecular formula is C16H14N2O3. The number of benzene rings is 2. The lowest BCUT2D eigenvalue weighted by molar-refractivity contribution is 0.102. The summed E-state index contributed by atoms with van der Waals surface area (Å²) in [4.78, 5) is 12.1. The Bertz CT molecular complexity index is 710. The molecule has 0 saturated carbocycles. The highest BCUT2D eigenvalue weighted by Gasteiger charge is 2.10. The van der Waals surface area contributed by atoms with E-state index in [1.807, 2.05) is 0 Å². The van der Waals surface area contributed by atoms with E-state index >= 15 is 0 Å². The van der Waals surface area contributed by atoms with Crippen LogP contribution in [0.2, 0.25) is 0 Å². The molecule has 0 aliphatic rings. The minimum atomic E-state index is -0.455. The lowest BCUT2D eigenvalue weighted by atomic mass is 10.1. The van der Waals surface area contributed by atoms with Crippen LogP contribution < -0.4 is 11.1 Å². The Hall–Kier alpha value is -2.97. The molecular weight excluding hydrogens is 268 g/mol. The summed E-state index contributed by atoms with van der Waals surface area (Å²) < 4.78 is 0. The van der Waals surface area contributed by atoms with E-state index in [0.717, 1.165) is 6.07 Å². The number of amides is 1. The van der Waals surface area contributed by atoms with Gasteiger partial charge in [-0.1, -0.05) is 24.0 Å². The second kappa shape index (κ2) is 6.46. The lowest BCUT2D eigenvalue weighted by Crippen LogP contribution is -2.12. The third-order valence-corrected chi connectivity index (χ3v) is 2.67. The molecule has 0 radical (unpaired) electrons. The molecule has 0 heterocycles. The predicted octanol–water partition coefficient (Wildman–Crippen LogP) is 1.66. The van der Waals surface area contributed by atoms with E-state index in [1.54, 1.807) is 24.3 Å². The highest BCUT2D eigenvalue weighted by atomic mass is 16.3. The first-order valence-corrected chi connectivity index (χ1v) is 6.22. The van der Waals surface area contributed by atoms with Crippen LogP contribution in [0.25, 0.3) is 0 Å². The summed E-state index contributed by atoms with van der Waals surface area (Å²) in [5.74, 6) is 4.76. The molecule has 1 amide bonds. The fourth-order valence-corrected chi connectivity index (χ4v) is 1.77. The van der Waals surface area contributed by atoms with E-state index in [9.17, 15) is 15.0 Å². The number of nitrogens with two attached hydrogens (primary N) is 1. The summed E-state index contributed by atoms with van der Waals surface area (Å²) in [5, 5.41) is 21.5. The first-order chi connectivity index (χ1) is 10.1. The van der Waals surface area contributed by atoms with E-state index in [0.29, 0.717) is 11.3 Å². The van der Waals surface area contributed by atoms with Gasteiger partial charge in [0, 0.05) is 17.2 Å². The standard InChI is InChI=1S/C16H14N2O3/c17-7-3-5-11-4-1-2-6-15(11)18-16(21)12-8-13(19)10-14(20)9-12/h1-2,4,6,8-10,19-20H,7,17H2,(H,18,21). The molecule has 0 aromatic heterocycles. The number of phenols is 2.